The molecule has 0 spiro atoms. The number of para-hydroxylation sites is 2. The Balaban J connectivity index is 1.59. The van der Waals surface area contributed by atoms with Crippen molar-refractivity contribution in [1.29, 1.82) is 0 Å². The number of nitrogens with zero attached hydrogens (tertiary/aromatic N) is 2. The van der Waals surface area contributed by atoms with Crippen LogP contribution in [0.15, 0.2) is 24.3 Å². The zero-order chi connectivity index (χ0) is 19.1. The van der Waals surface area contributed by atoms with Gasteiger partial charge in [0.2, 0.25) is 11.8 Å². The Morgan fingerprint density at radius 1 is 1.22 bits per heavy atom. The van der Waals surface area contributed by atoms with Gasteiger partial charge in [0, 0.05) is 38.6 Å². The third-order valence-electron chi connectivity index (χ3n) is 4.62. The zero-order valence-corrected chi connectivity index (χ0v) is 15.9. The molecule has 2 amide bonds. The minimum atomic E-state index is -0.0436. The topological polar surface area (TPSA) is 85.2 Å². The lowest BCUT2D eigenvalue weighted by molar-refractivity contribution is -0.123. The maximum absolute atomic E-state index is 12.3. The third kappa shape index (κ3) is 5.53. The zero-order valence-electron chi connectivity index (χ0n) is 15.9. The number of amides is 2. The van der Waals surface area contributed by atoms with E-state index in [0.29, 0.717) is 32.7 Å². The fourth-order valence-electron chi connectivity index (χ4n) is 3.03. The first-order valence-electron chi connectivity index (χ1n) is 9.75. The molecule has 2 aromatic rings. The lowest BCUT2D eigenvalue weighted by Gasteiger charge is -2.11. The van der Waals surface area contributed by atoms with Crippen LogP contribution in [0.3, 0.4) is 0 Å². The average molecular weight is 372 g/mol. The Hall–Kier alpha value is -2.41. The molecule has 7 nitrogen and oxygen atoms in total. The van der Waals surface area contributed by atoms with Crippen LogP contribution in [0.25, 0.3) is 11.0 Å². The second kappa shape index (κ2) is 9.50. The van der Waals surface area contributed by atoms with Crippen LogP contribution in [0.1, 0.15) is 32.0 Å². The van der Waals surface area contributed by atoms with Crippen molar-refractivity contribution in [2.24, 2.45) is 5.92 Å². The monoisotopic (exact) mass is 372 g/mol. The number of hydrogen-bond donors (Lipinski definition) is 2. The summed E-state index contributed by atoms with van der Waals surface area (Å²) in [7, 11) is 0. The van der Waals surface area contributed by atoms with Crippen molar-refractivity contribution in [3.63, 3.8) is 0 Å². The number of rotatable bonds is 11. The summed E-state index contributed by atoms with van der Waals surface area (Å²) in [5.74, 6) is 1.10. The number of imidazole rings is 1. The van der Waals surface area contributed by atoms with Gasteiger partial charge in [0.25, 0.3) is 0 Å². The summed E-state index contributed by atoms with van der Waals surface area (Å²) >= 11 is 0. The first-order valence-corrected chi connectivity index (χ1v) is 9.75. The van der Waals surface area contributed by atoms with Crippen LogP contribution >= 0.6 is 0 Å². The van der Waals surface area contributed by atoms with Crippen LogP contribution in [-0.2, 0) is 27.3 Å². The van der Waals surface area contributed by atoms with E-state index in [1.165, 1.54) is 0 Å². The molecule has 1 aromatic heterocycles. The fraction of sp³-hybridized carbons (Fsp3) is 0.550. The van der Waals surface area contributed by atoms with Gasteiger partial charge in [-0.05, 0) is 38.3 Å². The molecule has 3 rings (SSSR count). The molecule has 2 N–H and O–H groups in total. The van der Waals surface area contributed by atoms with E-state index in [4.69, 9.17) is 4.74 Å². The van der Waals surface area contributed by atoms with E-state index in [1.54, 1.807) is 0 Å². The Bertz CT molecular complexity index is 783. The van der Waals surface area contributed by atoms with Crippen LogP contribution < -0.4 is 10.6 Å². The number of carbonyl (C=O) groups is 2. The summed E-state index contributed by atoms with van der Waals surface area (Å²) in [6, 6.07) is 7.79. The van der Waals surface area contributed by atoms with E-state index in [1.807, 2.05) is 35.8 Å². The van der Waals surface area contributed by atoms with E-state index in [-0.39, 0.29) is 24.3 Å². The molecule has 0 radical (unpaired) electrons. The summed E-state index contributed by atoms with van der Waals surface area (Å²) in [5, 5.41) is 5.90. The first kappa shape index (κ1) is 19.4. The van der Waals surface area contributed by atoms with Gasteiger partial charge in [-0.1, -0.05) is 12.1 Å². The Morgan fingerprint density at radius 2 is 2.04 bits per heavy atom. The van der Waals surface area contributed by atoms with Gasteiger partial charge in [0.1, 0.15) is 12.4 Å². The molecule has 1 fully saturated rings. The van der Waals surface area contributed by atoms with Crippen molar-refractivity contribution >= 4 is 22.8 Å². The molecule has 1 aliphatic rings. The Kier molecular flexibility index (Phi) is 6.81. The number of ether oxygens (including phenoxy) is 1. The van der Waals surface area contributed by atoms with Gasteiger partial charge in [-0.25, -0.2) is 4.98 Å². The third-order valence-corrected chi connectivity index (χ3v) is 4.62. The molecule has 1 aromatic carbocycles. The van der Waals surface area contributed by atoms with E-state index in [2.05, 4.69) is 15.6 Å². The van der Waals surface area contributed by atoms with Gasteiger partial charge in [0.15, 0.2) is 0 Å². The normalized spacial score (nSPS) is 13.7. The van der Waals surface area contributed by atoms with Crippen LogP contribution in [0, 0.1) is 5.92 Å². The number of hydrogen-bond acceptors (Lipinski definition) is 4. The van der Waals surface area contributed by atoms with Gasteiger partial charge in [-0.15, -0.1) is 0 Å². The predicted octanol–water partition coefficient (Wildman–Crippen LogP) is 1.65. The summed E-state index contributed by atoms with van der Waals surface area (Å²) in [4.78, 5) is 28.8. The minimum absolute atomic E-state index is 0.0436. The van der Waals surface area contributed by atoms with Gasteiger partial charge >= 0.3 is 0 Å². The summed E-state index contributed by atoms with van der Waals surface area (Å²) in [6.45, 7) is 4.65. The molecule has 0 atom stereocenters. The van der Waals surface area contributed by atoms with Crippen LogP contribution in [0.4, 0.5) is 0 Å². The maximum Gasteiger partial charge on any atom is 0.240 e. The number of fused-ring (bicyclic) bond motifs is 1. The Labute approximate surface area is 159 Å². The van der Waals surface area contributed by atoms with Gasteiger partial charge in [0.05, 0.1) is 11.0 Å². The number of aromatic nitrogens is 2. The molecule has 146 valence electrons. The molecule has 0 unspecified atom stereocenters. The SMILES string of the molecule is CCOCCCNC(=O)Cn1c(CCNC(=O)C2CC2)nc2ccccc21. The molecular formula is C20H28N4O3. The van der Waals surface area contributed by atoms with Crippen LogP contribution in [0.2, 0.25) is 0 Å². The lowest BCUT2D eigenvalue weighted by Crippen LogP contribution is -2.31. The molecular weight excluding hydrogens is 344 g/mol. The second-order valence-corrected chi connectivity index (χ2v) is 6.82. The van der Waals surface area contributed by atoms with Crippen molar-refractivity contribution in [1.82, 2.24) is 20.2 Å². The predicted molar refractivity (Wildman–Crippen MR) is 103 cm³/mol. The largest absolute Gasteiger partial charge is 0.382 e. The minimum Gasteiger partial charge on any atom is -0.382 e. The Morgan fingerprint density at radius 3 is 2.81 bits per heavy atom. The maximum atomic E-state index is 12.3. The highest BCUT2D eigenvalue weighted by Crippen LogP contribution is 2.28. The van der Waals surface area contributed by atoms with Gasteiger partial charge < -0.3 is 19.9 Å². The van der Waals surface area contributed by atoms with Gasteiger partial charge in [-0.2, -0.15) is 0 Å². The van der Waals surface area contributed by atoms with Crippen LogP contribution in [-0.4, -0.2) is 47.7 Å². The molecule has 27 heavy (non-hydrogen) atoms. The highest BCUT2D eigenvalue weighted by molar-refractivity contribution is 5.81. The average Bonchev–Trinajstić information content (AvgIpc) is 3.46. The summed E-state index contributed by atoms with van der Waals surface area (Å²) < 4.78 is 7.22. The lowest BCUT2D eigenvalue weighted by atomic mass is 10.3. The molecule has 7 heteroatoms. The molecule has 0 saturated heterocycles. The molecule has 1 saturated carbocycles. The molecule has 1 aliphatic carbocycles. The quantitative estimate of drug-likeness (QED) is 0.588. The second-order valence-electron chi connectivity index (χ2n) is 6.82. The van der Waals surface area contributed by atoms with E-state index in [0.717, 1.165) is 36.1 Å². The fourth-order valence-corrected chi connectivity index (χ4v) is 3.03. The van der Waals surface area contributed by atoms with Crippen molar-refractivity contribution < 1.29 is 14.3 Å². The number of carbonyl (C=O) groups excluding carboxylic acids is 2. The standard InChI is InChI=1S/C20H28N4O3/c1-2-27-13-5-11-21-19(25)14-24-17-7-4-3-6-16(17)23-18(24)10-12-22-20(26)15-8-9-15/h3-4,6-7,15H,2,5,8-14H2,1H3,(H,21,25)(H,22,26). The highest BCUT2D eigenvalue weighted by atomic mass is 16.5. The number of benzene rings is 1. The van der Waals surface area contributed by atoms with E-state index in [9.17, 15) is 9.59 Å². The van der Waals surface area contributed by atoms with Crippen molar-refractivity contribution in [3.05, 3.63) is 30.1 Å². The van der Waals surface area contributed by atoms with Crippen molar-refractivity contribution in [2.75, 3.05) is 26.3 Å². The smallest absolute Gasteiger partial charge is 0.240 e. The van der Waals surface area contributed by atoms with E-state index >= 15 is 0 Å². The van der Waals surface area contributed by atoms with E-state index < -0.39 is 0 Å². The van der Waals surface area contributed by atoms with Gasteiger partial charge in [-0.3, -0.25) is 9.59 Å². The molecule has 0 bridgehead atoms. The van der Waals surface area contributed by atoms with Crippen molar-refractivity contribution in [3.8, 4) is 0 Å². The molecule has 1 heterocycles. The molecule has 0 aliphatic heterocycles. The summed E-state index contributed by atoms with van der Waals surface area (Å²) in [6.07, 6.45) is 3.39. The number of nitrogens with one attached hydrogen (secondary N) is 2. The first-order chi connectivity index (χ1) is 13.2. The highest BCUT2D eigenvalue weighted by Gasteiger charge is 2.29. The van der Waals surface area contributed by atoms with Crippen LogP contribution in [0.5, 0.6) is 0 Å². The summed E-state index contributed by atoms with van der Waals surface area (Å²) in [5.41, 5.74) is 1.80. The van der Waals surface area contributed by atoms with Crippen molar-refractivity contribution in [2.45, 2.75) is 39.2 Å².